The van der Waals surface area contributed by atoms with Crippen LogP contribution < -0.4 is 4.90 Å². The molecule has 0 aliphatic carbocycles. The fraction of sp³-hybridized carbons (Fsp3) is 0.462. The van der Waals surface area contributed by atoms with Crippen LogP contribution in [-0.4, -0.2) is 30.3 Å². The second-order valence-corrected chi connectivity index (χ2v) is 4.19. The smallest absolute Gasteiger partial charge is 0.390 e. The van der Waals surface area contributed by atoms with E-state index in [-0.39, 0.29) is 13.0 Å². The highest BCUT2D eigenvalue weighted by Crippen LogP contribution is 2.22. The summed E-state index contributed by atoms with van der Waals surface area (Å²) in [5.74, 6) is -0.941. The Bertz CT molecular complexity index is 393. The van der Waals surface area contributed by atoms with Gasteiger partial charge in [-0.05, 0) is 18.6 Å². The van der Waals surface area contributed by atoms with Gasteiger partial charge in [-0.1, -0.05) is 18.2 Å². The molecule has 1 aromatic rings. The Morgan fingerprint density at radius 1 is 1.16 bits per heavy atom. The minimum atomic E-state index is -4.21. The zero-order valence-electron chi connectivity index (χ0n) is 10.4. The summed E-state index contributed by atoms with van der Waals surface area (Å²) in [6, 6.07) is 8.71. The predicted molar refractivity (Wildman–Crippen MR) is 66.2 cm³/mol. The van der Waals surface area contributed by atoms with Crippen LogP contribution in [0.4, 0.5) is 18.9 Å². The number of alkyl halides is 3. The Kier molecular flexibility index (Phi) is 5.66. The molecule has 1 N–H and O–H groups in total. The quantitative estimate of drug-likeness (QED) is 0.830. The van der Waals surface area contributed by atoms with Crippen molar-refractivity contribution in [3.63, 3.8) is 0 Å². The van der Waals surface area contributed by atoms with Gasteiger partial charge >= 0.3 is 12.1 Å². The van der Waals surface area contributed by atoms with E-state index < -0.39 is 18.6 Å². The van der Waals surface area contributed by atoms with Crippen molar-refractivity contribution in [1.82, 2.24) is 0 Å². The lowest BCUT2D eigenvalue weighted by atomic mass is 10.2. The van der Waals surface area contributed by atoms with Gasteiger partial charge in [0.05, 0.1) is 6.42 Å². The molecule has 19 heavy (non-hydrogen) atoms. The molecule has 0 atom stereocenters. The molecule has 0 bridgehead atoms. The highest BCUT2D eigenvalue weighted by Gasteiger charge is 2.27. The number of benzene rings is 1. The zero-order valence-corrected chi connectivity index (χ0v) is 10.4. The molecule has 0 fully saturated rings. The van der Waals surface area contributed by atoms with Crippen molar-refractivity contribution < 1.29 is 23.1 Å². The number of para-hydroxylation sites is 1. The van der Waals surface area contributed by atoms with Crippen LogP contribution in [-0.2, 0) is 4.79 Å². The van der Waals surface area contributed by atoms with Gasteiger partial charge in [0.15, 0.2) is 0 Å². The third-order valence-electron chi connectivity index (χ3n) is 2.61. The molecule has 1 rings (SSSR count). The Hall–Kier alpha value is -1.72. The lowest BCUT2D eigenvalue weighted by molar-refractivity contribution is -0.137. The van der Waals surface area contributed by atoms with Gasteiger partial charge in [0.1, 0.15) is 0 Å². The molecular weight excluding hydrogens is 259 g/mol. The van der Waals surface area contributed by atoms with Crippen molar-refractivity contribution in [3.05, 3.63) is 30.3 Å². The molecule has 0 saturated heterocycles. The number of anilines is 1. The first-order chi connectivity index (χ1) is 8.88. The fourth-order valence-electron chi connectivity index (χ4n) is 1.69. The molecule has 0 spiro atoms. The second-order valence-electron chi connectivity index (χ2n) is 4.19. The summed E-state index contributed by atoms with van der Waals surface area (Å²) in [7, 11) is 0. The summed E-state index contributed by atoms with van der Waals surface area (Å²) in [6.07, 6.45) is -4.84. The predicted octanol–water partition coefficient (Wildman–Crippen LogP) is 3.31. The summed E-state index contributed by atoms with van der Waals surface area (Å²) in [5.41, 5.74) is 0.678. The number of halogens is 3. The number of carbonyl (C=O) groups is 1. The van der Waals surface area contributed by atoms with Crippen molar-refractivity contribution in [2.24, 2.45) is 0 Å². The van der Waals surface area contributed by atoms with E-state index in [9.17, 15) is 18.0 Å². The van der Waals surface area contributed by atoms with Gasteiger partial charge in [-0.2, -0.15) is 13.2 Å². The first kappa shape index (κ1) is 15.3. The van der Waals surface area contributed by atoms with Crippen LogP contribution in [0, 0.1) is 0 Å². The molecule has 0 heterocycles. The summed E-state index contributed by atoms with van der Waals surface area (Å²) >= 11 is 0. The van der Waals surface area contributed by atoms with Gasteiger partial charge < -0.3 is 10.0 Å². The van der Waals surface area contributed by atoms with Crippen LogP contribution in [0.25, 0.3) is 0 Å². The Labute approximate surface area is 109 Å². The molecular formula is C13H16F3NO2. The zero-order chi connectivity index (χ0) is 14.3. The molecule has 0 aromatic heterocycles. The Balaban J connectivity index is 2.60. The third-order valence-corrected chi connectivity index (χ3v) is 2.61. The van der Waals surface area contributed by atoms with Gasteiger partial charge in [-0.25, -0.2) is 0 Å². The van der Waals surface area contributed by atoms with Crippen molar-refractivity contribution in [2.45, 2.75) is 25.4 Å². The molecule has 3 nitrogen and oxygen atoms in total. The molecule has 106 valence electrons. The number of aliphatic carboxylic acids is 1. The van der Waals surface area contributed by atoms with Crippen molar-refractivity contribution in [3.8, 4) is 0 Å². The number of carboxylic acid groups (broad SMARTS) is 1. The maximum atomic E-state index is 12.3. The molecule has 0 radical (unpaired) electrons. The molecule has 1 aromatic carbocycles. The number of nitrogens with zero attached hydrogens (tertiary/aromatic N) is 1. The summed E-state index contributed by atoms with van der Waals surface area (Å²) in [4.78, 5) is 12.0. The Morgan fingerprint density at radius 2 is 1.79 bits per heavy atom. The lowest BCUT2D eigenvalue weighted by Gasteiger charge is -2.25. The van der Waals surface area contributed by atoms with Crippen molar-refractivity contribution in [1.29, 1.82) is 0 Å². The topological polar surface area (TPSA) is 40.5 Å². The monoisotopic (exact) mass is 275 g/mol. The molecule has 0 aliphatic heterocycles. The molecule has 0 aliphatic rings. The van der Waals surface area contributed by atoms with Crippen LogP contribution in [0.15, 0.2) is 30.3 Å². The minimum Gasteiger partial charge on any atom is -0.481 e. The Morgan fingerprint density at radius 3 is 2.32 bits per heavy atom. The van der Waals surface area contributed by atoms with Crippen LogP contribution in [0.2, 0.25) is 0 Å². The van der Waals surface area contributed by atoms with Crippen LogP contribution in [0.5, 0.6) is 0 Å². The first-order valence-electron chi connectivity index (χ1n) is 5.97. The SMILES string of the molecule is O=C(O)CCCN(CCC(F)(F)F)c1ccccc1. The summed E-state index contributed by atoms with van der Waals surface area (Å²) in [5, 5.41) is 8.56. The highest BCUT2D eigenvalue weighted by atomic mass is 19.4. The molecule has 0 saturated carbocycles. The van der Waals surface area contributed by atoms with Crippen molar-refractivity contribution in [2.75, 3.05) is 18.0 Å². The van der Waals surface area contributed by atoms with E-state index in [1.165, 1.54) is 0 Å². The maximum Gasteiger partial charge on any atom is 0.390 e. The van der Waals surface area contributed by atoms with E-state index >= 15 is 0 Å². The molecule has 0 amide bonds. The summed E-state index contributed by atoms with van der Waals surface area (Å²) in [6.45, 7) is 0.138. The van der Waals surface area contributed by atoms with Gasteiger partial charge in [-0.15, -0.1) is 0 Å². The van der Waals surface area contributed by atoms with E-state index in [4.69, 9.17) is 5.11 Å². The van der Waals surface area contributed by atoms with E-state index in [0.717, 1.165) is 0 Å². The number of hydrogen-bond acceptors (Lipinski definition) is 2. The number of rotatable bonds is 7. The fourth-order valence-corrected chi connectivity index (χ4v) is 1.69. The normalized spacial score (nSPS) is 11.3. The highest BCUT2D eigenvalue weighted by molar-refractivity contribution is 5.66. The van der Waals surface area contributed by atoms with Gasteiger partial charge in [-0.3, -0.25) is 4.79 Å². The molecule has 0 unspecified atom stereocenters. The van der Waals surface area contributed by atoms with E-state index in [1.54, 1.807) is 35.2 Å². The van der Waals surface area contributed by atoms with Gasteiger partial charge in [0, 0.05) is 25.2 Å². The van der Waals surface area contributed by atoms with E-state index in [0.29, 0.717) is 18.7 Å². The number of hydrogen-bond donors (Lipinski definition) is 1. The van der Waals surface area contributed by atoms with Gasteiger partial charge in [0.2, 0.25) is 0 Å². The maximum absolute atomic E-state index is 12.3. The first-order valence-corrected chi connectivity index (χ1v) is 5.97. The average molecular weight is 275 g/mol. The van der Waals surface area contributed by atoms with E-state index in [1.807, 2.05) is 0 Å². The summed E-state index contributed by atoms with van der Waals surface area (Å²) < 4.78 is 36.8. The van der Waals surface area contributed by atoms with Crippen LogP contribution >= 0.6 is 0 Å². The standard InChI is InChI=1S/C13H16F3NO2/c14-13(15,16)8-10-17(9-4-7-12(18)19)11-5-2-1-3-6-11/h1-3,5-6H,4,7-10H2,(H,18,19). The molecule has 6 heteroatoms. The van der Waals surface area contributed by atoms with Crippen molar-refractivity contribution >= 4 is 11.7 Å². The lowest BCUT2D eigenvalue weighted by Crippen LogP contribution is -2.29. The minimum absolute atomic E-state index is 0.0463. The van der Waals surface area contributed by atoms with Crippen LogP contribution in [0.3, 0.4) is 0 Å². The van der Waals surface area contributed by atoms with Gasteiger partial charge in [0.25, 0.3) is 0 Å². The average Bonchev–Trinajstić information content (AvgIpc) is 2.33. The van der Waals surface area contributed by atoms with E-state index in [2.05, 4.69) is 0 Å². The second kappa shape index (κ2) is 7.01. The van der Waals surface area contributed by atoms with Crippen LogP contribution in [0.1, 0.15) is 19.3 Å². The number of carboxylic acids is 1. The largest absolute Gasteiger partial charge is 0.481 e. The third kappa shape index (κ3) is 6.69.